The number of aromatic nitrogens is 2. The first-order valence-electron chi connectivity index (χ1n) is 10.4. The first-order chi connectivity index (χ1) is 17.5. The second kappa shape index (κ2) is 10.1. The molecule has 1 N–H and O–H groups in total. The zero-order valence-corrected chi connectivity index (χ0v) is 18.7. The number of nitrogens with zero attached hydrogens (tertiary/aromatic N) is 3. The molecule has 0 spiro atoms. The van der Waals surface area contributed by atoms with Crippen molar-refractivity contribution in [3.63, 3.8) is 0 Å². The second-order valence-corrected chi connectivity index (χ2v) is 7.66. The third-order valence-corrected chi connectivity index (χ3v) is 5.13. The van der Waals surface area contributed by atoms with E-state index in [-0.39, 0.29) is 29.6 Å². The third-order valence-electron chi connectivity index (χ3n) is 5.13. The average Bonchev–Trinajstić information content (AvgIpc) is 3.52. The molecule has 2 aromatic heterocycles. The monoisotopic (exact) mass is 522 g/mol. The molecule has 0 fully saturated rings. The van der Waals surface area contributed by atoms with Crippen LogP contribution in [0.25, 0.3) is 0 Å². The van der Waals surface area contributed by atoms with Crippen LogP contribution in [0.1, 0.15) is 27.4 Å². The van der Waals surface area contributed by atoms with Gasteiger partial charge in [-0.15, -0.1) is 0 Å². The van der Waals surface area contributed by atoms with Crippen molar-refractivity contribution < 1.29 is 40.8 Å². The zero-order valence-electron chi connectivity index (χ0n) is 18.7. The minimum atomic E-state index is -2.27. The van der Waals surface area contributed by atoms with E-state index in [1.54, 1.807) is 6.92 Å². The van der Waals surface area contributed by atoms with E-state index in [4.69, 9.17) is 9.15 Å². The Labute approximate surface area is 204 Å². The van der Waals surface area contributed by atoms with Crippen LogP contribution in [-0.2, 0) is 13.2 Å². The summed E-state index contributed by atoms with van der Waals surface area (Å²) in [6.45, 7) is 0.692. The van der Waals surface area contributed by atoms with Crippen molar-refractivity contribution >= 4 is 17.4 Å². The molecule has 0 aliphatic heterocycles. The molecular weight excluding hydrogens is 507 g/mol. The van der Waals surface area contributed by atoms with Gasteiger partial charge in [0.25, 0.3) is 11.6 Å². The molecule has 0 saturated carbocycles. The molecule has 4 rings (SSSR count). The predicted molar refractivity (Wildman–Crippen MR) is 116 cm³/mol. The summed E-state index contributed by atoms with van der Waals surface area (Å²) in [5, 5.41) is 17.1. The summed E-state index contributed by atoms with van der Waals surface area (Å²) in [5.74, 6) is -10.7. The molecule has 0 unspecified atom stereocenters. The lowest BCUT2D eigenvalue weighted by atomic mass is 10.1. The molecule has 14 heteroatoms. The normalized spacial score (nSPS) is 11.0. The van der Waals surface area contributed by atoms with Gasteiger partial charge in [0.15, 0.2) is 34.8 Å². The van der Waals surface area contributed by atoms with Gasteiger partial charge in [0.2, 0.25) is 5.82 Å². The molecule has 0 atom stereocenters. The first kappa shape index (κ1) is 25.3. The number of carbonyl (C=O) groups is 1. The highest BCUT2D eigenvalue weighted by atomic mass is 19.2. The molecule has 4 aromatic rings. The van der Waals surface area contributed by atoms with Gasteiger partial charge in [0.1, 0.15) is 18.1 Å². The SMILES string of the molecule is Cc1cc(OCc2ccc(C(=O)Nc3ccn(Cc4c(F)c(F)c(F)c(F)c4F)n3)o2)ccc1[N+](=O)[O-]. The summed E-state index contributed by atoms with van der Waals surface area (Å²) in [7, 11) is 0. The van der Waals surface area contributed by atoms with E-state index in [1.165, 1.54) is 42.6 Å². The third kappa shape index (κ3) is 5.27. The maximum Gasteiger partial charge on any atom is 0.292 e. The van der Waals surface area contributed by atoms with Gasteiger partial charge in [-0.1, -0.05) is 0 Å². The van der Waals surface area contributed by atoms with Crippen molar-refractivity contribution in [1.82, 2.24) is 9.78 Å². The first-order valence-corrected chi connectivity index (χ1v) is 10.4. The molecular formula is C23H15F5N4O5. The molecule has 0 saturated heterocycles. The number of nitrogens with one attached hydrogen (secondary N) is 1. The van der Waals surface area contributed by atoms with Crippen LogP contribution in [0.4, 0.5) is 33.5 Å². The fraction of sp³-hybridized carbons (Fsp3) is 0.130. The summed E-state index contributed by atoms with van der Waals surface area (Å²) in [6, 6.07) is 8.27. The van der Waals surface area contributed by atoms with Gasteiger partial charge < -0.3 is 14.5 Å². The Kier molecular flexibility index (Phi) is 6.91. The highest BCUT2D eigenvalue weighted by Crippen LogP contribution is 2.25. The number of rotatable bonds is 8. The predicted octanol–water partition coefficient (Wildman–Crippen LogP) is 5.27. The Hall–Kier alpha value is -4.75. The summed E-state index contributed by atoms with van der Waals surface area (Å²) in [4.78, 5) is 22.8. The van der Waals surface area contributed by atoms with Gasteiger partial charge in [0.05, 0.1) is 17.0 Å². The Morgan fingerprint density at radius 1 is 1.05 bits per heavy atom. The van der Waals surface area contributed by atoms with Crippen molar-refractivity contribution in [3.8, 4) is 5.75 Å². The number of ether oxygens (including phenoxy) is 1. The van der Waals surface area contributed by atoms with E-state index in [9.17, 15) is 36.9 Å². The van der Waals surface area contributed by atoms with Crippen LogP contribution in [-0.4, -0.2) is 20.6 Å². The van der Waals surface area contributed by atoms with Gasteiger partial charge in [-0.25, -0.2) is 22.0 Å². The van der Waals surface area contributed by atoms with Crippen LogP contribution in [0.2, 0.25) is 0 Å². The minimum absolute atomic E-state index is 0.0565. The number of nitro groups is 1. The quantitative estimate of drug-likeness (QED) is 0.111. The number of anilines is 1. The van der Waals surface area contributed by atoms with Crippen LogP contribution in [0.15, 0.2) is 47.0 Å². The number of nitro benzene ring substituents is 1. The number of carbonyl (C=O) groups excluding carboxylic acids is 1. The number of aryl methyl sites for hydroxylation is 1. The number of halogens is 5. The molecule has 0 bridgehead atoms. The molecule has 2 aromatic carbocycles. The Morgan fingerprint density at radius 2 is 1.73 bits per heavy atom. The van der Waals surface area contributed by atoms with Gasteiger partial charge in [-0.3, -0.25) is 19.6 Å². The molecule has 0 aliphatic rings. The maximum atomic E-state index is 13.9. The maximum absolute atomic E-state index is 13.9. The zero-order chi connectivity index (χ0) is 26.9. The lowest BCUT2D eigenvalue weighted by Crippen LogP contribution is -2.13. The minimum Gasteiger partial charge on any atom is -0.486 e. The Bertz CT molecular complexity index is 1490. The molecule has 192 valence electrons. The van der Waals surface area contributed by atoms with E-state index in [0.29, 0.717) is 11.3 Å². The number of benzene rings is 2. The number of amides is 1. The van der Waals surface area contributed by atoms with Crippen molar-refractivity contribution in [2.24, 2.45) is 0 Å². The van der Waals surface area contributed by atoms with Crippen LogP contribution < -0.4 is 10.1 Å². The molecule has 0 radical (unpaired) electrons. The van der Waals surface area contributed by atoms with Crippen molar-refractivity contribution in [1.29, 1.82) is 0 Å². The molecule has 0 aliphatic carbocycles. The number of hydrogen-bond donors (Lipinski definition) is 1. The molecule has 1 amide bonds. The van der Waals surface area contributed by atoms with Crippen LogP contribution in [0.5, 0.6) is 5.75 Å². The fourth-order valence-corrected chi connectivity index (χ4v) is 3.30. The summed E-state index contributed by atoms with van der Waals surface area (Å²) < 4.78 is 79.6. The smallest absolute Gasteiger partial charge is 0.292 e. The average molecular weight is 522 g/mol. The van der Waals surface area contributed by atoms with Gasteiger partial charge in [-0.05, 0) is 31.2 Å². The largest absolute Gasteiger partial charge is 0.486 e. The van der Waals surface area contributed by atoms with E-state index in [2.05, 4.69) is 10.4 Å². The Morgan fingerprint density at radius 3 is 2.38 bits per heavy atom. The highest BCUT2D eigenvalue weighted by Gasteiger charge is 2.26. The summed E-state index contributed by atoms with van der Waals surface area (Å²) in [5.41, 5.74) is -0.739. The van der Waals surface area contributed by atoms with E-state index >= 15 is 0 Å². The second-order valence-electron chi connectivity index (χ2n) is 7.66. The van der Waals surface area contributed by atoms with Crippen molar-refractivity contribution in [2.75, 3.05) is 5.32 Å². The van der Waals surface area contributed by atoms with Gasteiger partial charge in [-0.2, -0.15) is 5.10 Å². The molecule has 2 heterocycles. The van der Waals surface area contributed by atoms with Crippen LogP contribution in [0, 0.1) is 46.1 Å². The Balaban J connectivity index is 1.38. The standard InChI is InChI=1S/C23H15F5N4O5/c1-11-8-12(2-4-15(11)32(34)35)36-10-13-3-5-16(37-13)23(33)29-17-6-7-31(30-17)9-14-18(24)20(26)22(28)21(27)19(14)25/h2-8H,9-10H2,1H3,(H,29,30,33). The summed E-state index contributed by atoms with van der Waals surface area (Å²) >= 11 is 0. The van der Waals surface area contributed by atoms with Gasteiger partial charge in [0, 0.05) is 23.9 Å². The topological polar surface area (TPSA) is 112 Å². The molecule has 9 nitrogen and oxygen atoms in total. The number of furan rings is 1. The van der Waals surface area contributed by atoms with Crippen molar-refractivity contribution in [2.45, 2.75) is 20.1 Å². The van der Waals surface area contributed by atoms with Crippen LogP contribution >= 0.6 is 0 Å². The van der Waals surface area contributed by atoms with Crippen LogP contribution in [0.3, 0.4) is 0 Å². The molecule has 37 heavy (non-hydrogen) atoms. The van der Waals surface area contributed by atoms with E-state index in [1.807, 2.05) is 0 Å². The fourth-order valence-electron chi connectivity index (χ4n) is 3.30. The van der Waals surface area contributed by atoms with E-state index in [0.717, 1.165) is 4.68 Å². The van der Waals surface area contributed by atoms with E-state index < -0.39 is 52.0 Å². The highest BCUT2D eigenvalue weighted by molar-refractivity contribution is 6.01. The number of hydrogen-bond acceptors (Lipinski definition) is 6. The van der Waals surface area contributed by atoms with Gasteiger partial charge >= 0.3 is 0 Å². The summed E-state index contributed by atoms with van der Waals surface area (Å²) in [6.07, 6.45) is 1.17. The lowest BCUT2D eigenvalue weighted by Gasteiger charge is -2.08. The lowest BCUT2D eigenvalue weighted by molar-refractivity contribution is -0.385. The van der Waals surface area contributed by atoms with Crippen molar-refractivity contribution in [3.05, 3.63) is 104 Å².